The van der Waals surface area contributed by atoms with Gasteiger partial charge in [0, 0.05) is 18.3 Å². The smallest absolute Gasteiger partial charge is 0.322 e. The van der Waals surface area contributed by atoms with E-state index in [0.717, 1.165) is 0 Å². The molecule has 2 aromatic rings. The van der Waals surface area contributed by atoms with Crippen LogP contribution in [0.1, 0.15) is 32.7 Å². The van der Waals surface area contributed by atoms with Crippen LogP contribution in [0, 0.1) is 11.3 Å². The first-order valence-corrected chi connectivity index (χ1v) is 8.93. The van der Waals surface area contributed by atoms with Crippen LogP contribution in [0.5, 0.6) is 5.75 Å². The third kappa shape index (κ3) is 3.86. The number of fused-ring (bicyclic) bond motifs is 1. The van der Waals surface area contributed by atoms with Gasteiger partial charge in [0.1, 0.15) is 17.9 Å². The second-order valence-corrected chi connectivity index (χ2v) is 6.85. The molecule has 0 saturated carbocycles. The molecule has 2 amide bonds. The minimum Gasteiger partial charge on any atom is -0.507 e. The number of nitriles is 1. The van der Waals surface area contributed by atoms with E-state index in [2.05, 4.69) is 5.32 Å². The number of aromatic nitrogens is 1. The molecule has 0 radical (unpaired) electrons. The summed E-state index contributed by atoms with van der Waals surface area (Å²) in [6.45, 7) is -0.634. The predicted octanol–water partition coefficient (Wildman–Crippen LogP) is -0.197. The van der Waals surface area contributed by atoms with Gasteiger partial charge in [0.2, 0.25) is 5.91 Å². The molecule has 1 aromatic carbocycles. The van der Waals surface area contributed by atoms with E-state index in [1.165, 1.54) is 9.47 Å². The number of pyridine rings is 1. The van der Waals surface area contributed by atoms with Gasteiger partial charge in [0.15, 0.2) is 0 Å². The van der Waals surface area contributed by atoms with Crippen molar-refractivity contribution in [1.29, 1.82) is 5.26 Å². The zero-order valence-corrected chi connectivity index (χ0v) is 16.0. The van der Waals surface area contributed by atoms with Crippen LogP contribution in [0.3, 0.4) is 0 Å². The fourth-order valence-electron chi connectivity index (χ4n) is 3.26. The maximum atomic E-state index is 13.1. The molecule has 0 atom stereocenters. The Morgan fingerprint density at radius 2 is 1.90 bits per heavy atom. The van der Waals surface area contributed by atoms with Crippen molar-refractivity contribution in [1.82, 2.24) is 14.8 Å². The Bertz CT molecular complexity index is 1140. The summed E-state index contributed by atoms with van der Waals surface area (Å²) in [7, 11) is 1.56. The van der Waals surface area contributed by atoms with Crippen molar-refractivity contribution in [3.8, 4) is 11.8 Å². The van der Waals surface area contributed by atoms with E-state index in [0.29, 0.717) is 16.8 Å². The third-order valence-corrected chi connectivity index (χ3v) is 4.85. The number of aliphatic carboxylic acids is 1. The van der Waals surface area contributed by atoms with Crippen molar-refractivity contribution in [2.24, 2.45) is 0 Å². The minimum atomic E-state index is -1.31. The Balaban J connectivity index is 2.14. The maximum Gasteiger partial charge on any atom is 0.322 e. The zero-order chi connectivity index (χ0) is 22.0. The summed E-state index contributed by atoms with van der Waals surface area (Å²) in [5.74, 6) is -3.26. The molecule has 0 fully saturated rings. The van der Waals surface area contributed by atoms with Crippen molar-refractivity contribution in [2.75, 3.05) is 13.6 Å². The molecule has 1 aliphatic heterocycles. The number of nitrogens with zero attached hydrogens (tertiary/aromatic N) is 3. The number of benzene rings is 1. The fraction of sp³-hybridized carbons (Fsp3) is 0.250. The van der Waals surface area contributed by atoms with Crippen molar-refractivity contribution < 1.29 is 24.6 Å². The standard InChI is InChI=1S/C20H18N4O6/c1-23-10-14-13(6-15(23)25)18(28)17(19(29)22-8-16(26)27)20(30)24(14)9-12-4-2-11(7-21)3-5-12/h2-5,28H,6,8-10H2,1H3,(H,22,29)(H,26,27). The summed E-state index contributed by atoms with van der Waals surface area (Å²) in [5, 5.41) is 30.4. The summed E-state index contributed by atoms with van der Waals surface area (Å²) < 4.78 is 1.29. The van der Waals surface area contributed by atoms with Crippen LogP contribution >= 0.6 is 0 Å². The van der Waals surface area contributed by atoms with Crippen LogP contribution in [-0.4, -0.2) is 51.1 Å². The van der Waals surface area contributed by atoms with Gasteiger partial charge < -0.3 is 25.0 Å². The Hall–Kier alpha value is -4.13. The molecule has 3 rings (SSSR count). The van der Waals surface area contributed by atoms with E-state index >= 15 is 0 Å². The van der Waals surface area contributed by atoms with Gasteiger partial charge >= 0.3 is 5.97 Å². The average molecular weight is 410 g/mol. The Morgan fingerprint density at radius 1 is 1.23 bits per heavy atom. The largest absolute Gasteiger partial charge is 0.507 e. The number of hydrogen-bond donors (Lipinski definition) is 3. The van der Waals surface area contributed by atoms with Crippen molar-refractivity contribution >= 4 is 17.8 Å². The lowest BCUT2D eigenvalue weighted by Crippen LogP contribution is -2.41. The Morgan fingerprint density at radius 3 is 2.50 bits per heavy atom. The topological polar surface area (TPSA) is 153 Å². The lowest BCUT2D eigenvalue weighted by Gasteiger charge is -2.29. The maximum absolute atomic E-state index is 13.1. The van der Waals surface area contributed by atoms with Gasteiger partial charge in [-0.2, -0.15) is 5.26 Å². The van der Waals surface area contributed by atoms with Crippen molar-refractivity contribution in [3.63, 3.8) is 0 Å². The number of carboxylic acid groups (broad SMARTS) is 1. The number of carbonyl (C=O) groups is 3. The second kappa shape index (κ2) is 8.08. The molecule has 0 aliphatic carbocycles. The van der Waals surface area contributed by atoms with Crippen LogP contribution < -0.4 is 10.9 Å². The van der Waals surface area contributed by atoms with Gasteiger partial charge in [-0.25, -0.2) is 0 Å². The number of likely N-dealkylation sites (N-methyl/N-ethyl adjacent to an activating group) is 1. The van der Waals surface area contributed by atoms with Gasteiger partial charge in [-0.3, -0.25) is 19.2 Å². The molecular weight excluding hydrogens is 392 g/mol. The molecule has 154 valence electrons. The SMILES string of the molecule is CN1Cc2c(c(O)c(C(=O)NCC(=O)O)c(=O)n2Cc2ccc(C#N)cc2)CC1=O. The summed E-state index contributed by atoms with van der Waals surface area (Å²) in [4.78, 5) is 49.8. The Labute approximate surface area is 170 Å². The lowest BCUT2D eigenvalue weighted by atomic mass is 9.99. The monoisotopic (exact) mass is 410 g/mol. The minimum absolute atomic E-state index is 0.0361. The molecule has 3 N–H and O–H groups in total. The number of carbonyl (C=O) groups excluding carboxylic acids is 2. The van der Waals surface area contributed by atoms with Gasteiger partial charge in [0.25, 0.3) is 11.5 Å². The highest BCUT2D eigenvalue weighted by molar-refractivity contribution is 5.99. The highest BCUT2D eigenvalue weighted by atomic mass is 16.4. The summed E-state index contributed by atoms with van der Waals surface area (Å²) >= 11 is 0. The fourth-order valence-corrected chi connectivity index (χ4v) is 3.26. The van der Waals surface area contributed by atoms with E-state index < -0.39 is 35.3 Å². The second-order valence-electron chi connectivity index (χ2n) is 6.85. The molecule has 2 heterocycles. The summed E-state index contributed by atoms with van der Waals surface area (Å²) in [6, 6.07) is 8.49. The number of nitrogens with one attached hydrogen (secondary N) is 1. The molecule has 0 saturated heterocycles. The van der Waals surface area contributed by atoms with Crippen LogP contribution in [-0.2, 0) is 29.1 Å². The van der Waals surface area contributed by atoms with Crippen LogP contribution in [0.2, 0.25) is 0 Å². The lowest BCUT2D eigenvalue weighted by molar-refractivity contribution is -0.135. The molecule has 0 spiro atoms. The molecule has 10 nitrogen and oxygen atoms in total. The molecular formula is C20H18N4O6. The molecule has 1 aromatic heterocycles. The van der Waals surface area contributed by atoms with Gasteiger partial charge in [-0.1, -0.05) is 12.1 Å². The van der Waals surface area contributed by atoms with E-state index in [-0.39, 0.29) is 31.0 Å². The predicted molar refractivity (Wildman–Crippen MR) is 103 cm³/mol. The highest BCUT2D eigenvalue weighted by Gasteiger charge is 2.31. The zero-order valence-electron chi connectivity index (χ0n) is 16.0. The summed E-state index contributed by atoms with van der Waals surface area (Å²) in [5.41, 5.74) is 0.242. The van der Waals surface area contributed by atoms with E-state index in [1.54, 1.807) is 31.3 Å². The van der Waals surface area contributed by atoms with E-state index in [9.17, 15) is 24.3 Å². The van der Waals surface area contributed by atoms with Crippen LogP contribution in [0.25, 0.3) is 0 Å². The van der Waals surface area contributed by atoms with Crippen molar-refractivity contribution in [3.05, 3.63) is 62.6 Å². The first-order valence-electron chi connectivity index (χ1n) is 8.93. The number of rotatable bonds is 5. The molecule has 1 aliphatic rings. The molecule has 0 bridgehead atoms. The number of aromatic hydroxyl groups is 1. The third-order valence-electron chi connectivity index (χ3n) is 4.85. The van der Waals surface area contributed by atoms with Gasteiger partial charge in [-0.05, 0) is 17.7 Å². The first-order chi connectivity index (χ1) is 14.2. The molecule has 0 unspecified atom stereocenters. The molecule has 10 heteroatoms. The normalized spacial score (nSPS) is 12.8. The summed E-state index contributed by atoms with van der Waals surface area (Å²) in [6.07, 6.45) is -0.204. The van der Waals surface area contributed by atoms with Crippen LogP contribution in [0.4, 0.5) is 0 Å². The van der Waals surface area contributed by atoms with E-state index in [1.807, 2.05) is 6.07 Å². The number of amides is 2. The van der Waals surface area contributed by atoms with Gasteiger partial charge in [0.05, 0.1) is 31.1 Å². The number of carboxylic acids is 1. The van der Waals surface area contributed by atoms with Crippen molar-refractivity contribution in [2.45, 2.75) is 19.5 Å². The van der Waals surface area contributed by atoms with E-state index in [4.69, 9.17) is 10.4 Å². The highest BCUT2D eigenvalue weighted by Crippen LogP contribution is 2.29. The number of hydrogen-bond acceptors (Lipinski definition) is 6. The first kappa shape index (κ1) is 20.6. The van der Waals surface area contributed by atoms with Crippen LogP contribution in [0.15, 0.2) is 29.1 Å². The van der Waals surface area contributed by atoms with Gasteiger partial charge in [-0.15, -0.1) is 0 Å². The Kier molecular flexibility index (Phi) is 5.55. The quantitative estimate of drug-likeness (QED) is 0.617. The average Bonchev–Trinajstić information content (AvgIpc) is 2.71. The molecule has 30 heavy (non-hydrogen) atoms.